The second-order valence-corrected chi connectivity index (χ2v) is 8.67. The van der Waals surface area contributed by atoms with Crippen molar-refractivity contribution in [1.82, 2.24) is 24.3 Å². The Morgan fingerprint density at radius 2 is 2.03 bits per heavy atom. The quantitative estimate of drug-likeness (QED) is 0.349. The number of hydrogen-bond acceptors (Lipinski definition) is 8. The average molecular weight is 504 g/mol. The molecule has 4 aromatic rings. The highest BCUT2D eigenvalue weighted by Gasteiger charge is 2.24. The van der Waals surface area contributed by atoms with Gasteiger partial charge in [0.25, 0.3) is 0 Å². The monoisotopic (exact) mass is 503 g/mol. The van der Waals surface area contributed by atoms with Gasteiger partial charge in [0.05, 0.1) is 18.5 Å². The summed E-state index contributed by atoms with van der Waals surface area (Å²) in [5.41, 5.74) is 2.56. The number of imidazole rings is 1. The van der Waals surface area contributed by atoms with Crippen molar-refractivity contribution in [3.05, 3.63) is 67.5 Å². The number of aromatic nitrogens is 4. The normalized spacial score (nSPS) is 15.5. The van der Waals surface area contributed by atoms with Crippen LogP contribution in [-0.2, 0) is 4.79 Å². The molecule has 37 heavy (non-hydrogen) atoms. The largest absolute Gasteiger partial charge is 0.494 e. The zero-order valence-corrected chi connectivity index (χ0v) is 20.4. The number of nitrogens with zero attached hydrogens (tertiary/aromatic N) is 5. The number of methoxy groups -OCH3 is 1. The third-order valence-electron chi connectivity index (χ3n) is 6.02. The molecule has 2 aromatic heterocycles. The highest BCUT2D eigenvalue weighted by Crippen LogP contribution is 2.39. The van der Waals surface area contributed by atoms with Gasteiger partial charge in [0.2, 0.25) is 11.9 Å². The van der Waals surface area contributed by atoms with Crippen LogP contribution in [0.1, 0.15) is 6.42 Å². The number of fused-ring (bicyclic) bond motifs is 1. The van der Waals surface area contributed by atoms with Gasteiger partial charge in [-0.25, -0.2) is 14.4 Å². The molecule has 1 saturated heterocycles. The zero-order valence-electron chi connectivity index (χ0n) is 20.4. The molecule has 11 heteroatoms. The first-order valence-electron chi connectivity index (χ1n) is 11.7. The zero-order chi connectivity index (χ0) is 25.9. The molecule has 1 aliphatic rings. The molecular formula is C26H26FN7O3. The minimum absolute atomic E-state index is 0.0123. The summed E-state index contributed by atoms with van der Waals surface area (Å²) in [5, 5.41) is 5.95. The van der Waals surface area contributed by atoms with Crippen molar-refractivity contribution in [2.45, 2.75) is 12.5 Å². The molecule has 0 saturated carbocycles. The molecule has 2 aromatic carbocycles. The maximum absolute atomic E-state index is 13.8. The first-order valence-corrected chi connectivity index (χ1v) is 11.7. The van der Waals surface area contributed by atoms with E-state index in [1.807, 2.05) is 7.05 Å². The predicted octanol–water partition coefficient (Wildman–Crippen LogP) is 3.89. The highest BCUT2D eigenvalue weighted by atomic mass is 19.1. The fourth-order valence-electron chi connectivity index (χ4n) is 4.19. The molecule has 1 aliphatic heterocycles. The molecule has 0 bridgehead atoms. The highest BCUT2D eigenvalue weighted by molar-refractivity contribution is 6.00. The summed E-state index contributed by atoms with van der Waals surface area (Å²) in [7, 11) is 3.58. The van der Waals surface area contributed by atoms with Crippen LogP contribution >= 0.6 is 0 Å². The van der Waals surface area contributed by atoms with Crippen LogP contribution in [-0.4, -0.2) is 63.5 Å². The summed E-state index contributed by atoms with van der Waals surface area (Å²) in [5.74, 6) is 0.479. The van der Waals surface area contributed by atoms with Gasteiger partial charge in [-0.15, -0.1) is 0 Å². The number of amides is 1. The molecule has 3 heterocycles. The molecule has 1 atom stereocenters. The van der Waals surface area contributed by atoms with Gasteiger partial charge in [-0.1, -0.05) is 18.7 Å². The number of rotatable bonds is 8. The minimum atomic E-state index is -0.374. The Balaban J connectivity index is 1.50. The number of benzene rings is 2. The van der Waals surface area contributed by atoms with Crippen molar-refractivity contribution in [3.8, 4) is 22.8 Å². The van der Waals surface area contributed by atoms with Gasteiger partial charge in [-0.3, -0.25) is 9.20 Å². The van der Waals surface area contributed by atoms with Crippen LogP contribution in [0.3, 0.4) is 0 Å². The van der Waals surface area contributed by atoms with Gasteiger partial charge in [0.15, 0.2) is 5.65 Å². The van der Waals surface area contributed by atoms with Crippen LogP contribution in [0.25, 0.3) is 16.9 Å². The third-order valence-corrected chi connectivity index (χ3v) is 6.02. The Kier molecular flexibility index (Phi) is 6.69. The van der Waals surface area contributed by atoms with Gasteiger partial charge < -0.3 is 25.0 Å². The van der Waals surface area contributed by atoms with Crippen LogP contribution in [0.15, 0.2) is 61.7 Å². The molecule has 1 fully saturated rings. The second kappa shape index (κ2) is 10.2. The molecule has 5 rings (SSSR count). The number of likely N-dealkylation sites (tertiary alicyclic amines) is 1. The molecule has 1 amide bonds. The van der Waals surface area contributed by atoms with Crippen molar-refractivity contribution in [2.24, 2.45) is 0 Å². The minimum Gasteiger partial charge on any atom is -0.494 e. The number of carbonyl (C=O) groups excluding carboxylic acids is 1. The number of hydrogen-bond donors (Lipinski definition) is 2. The van der Waals surface area contributed by atoms with Crippen LogP contribution in [0.2, 0.25) is 0 Å². The second-order valence-electron chi connectivity index (χ2n) is 8.67. The van der Waals surface area contributed by atoms with Gasteiger partial charge in [-0.05, 0) is 37.7 Å². The van der Waals surface area contributed by atoms with Gasteiger partial charge in [0, 0.05) is 24.7 Å². The molecular weight excluding hydrogens is 477 g/mol. The molecule has 0 radical (unpaired) electrons. The molecule has 0 aliphatic carbocycles. The van der Waals surface area contributed by atoms with E-state index in [1.54, 1.807) is 48.4 Å². The smallest absolute Gasteiger partial charge is 0.247 e. The molecule has 10 nitrogen and oxygen atoms in total. The summed E-state index contributed by atoms with van der Waals surface area (Å²) in [6.07, 6.45) is 5.17. The molecule has 0 spiro atoms. The lowest BCUT2D eigenvalue weighted by Crippen LogP contribution is -2.22. The predicted molar refractivity (Wildman–Crippen MR) is 138 cm³/mol. The van der Waals surface area contributed by atoms with E-state index in [9.17, 15) is 9.18 Å². The Morgan fingerprint density at radius 3 is 2.76 bits per heavy atom. The lowest BCUT2D eigenvalue weighted by atomic mass is 10.1. The van der Waals surface area contributed by atoms with E-state index in [1.165, 1.54) is 18.2 Å². The van der Waals surface area contributed by atoms with E-state index in [-0.39, 0.29) is 23.8 Å². The summed E-state index contributed by atoms with van der Waals surface area (Å²) < 4.78 is 27.3. The number of likely N-dealkylation sites (N-methyl/N-ethyl adjacent to an activating group) is 1. The van der Waals surface area contributed by atoms with Crippen LogP contribution < -0.4 is 20.1 Å². The summed E-state index contributed by atoms with van der Waals surface area (Å²) in [6.45, 7) is 5.25. The van der Waals surface area contributed by atoms with Crippen molar-refractivity contribution in [3.63, 3.8) is 0 Å². The van der Waals surface area contributed by atoms with Gasteiger partial charge in [0.1, 0.15) is 41.8 Å². The fraction of sp³-hybridized carbons (Fsp3) is 0.231. The van der Waals surface area contributed by atoms with E-state index >= 15 is 0 Å². The summed E-state index contributed by atoms with van der Waals surface area (Å²) in [6, 6.07) is 9.57. The average Bonchev–Trinajstić information content (AvgIpc) is 3.50. The molecule has 1 unspecified atom stereocenters. The Labute approximate surface area is 212 Å². The lowest BCUT2D eigenvalue weighted by molar-refractivity contribution is -0.111. The third kappa shape index (κ3) is 5.21. The van der Waals surface area contributed by atoms with E-state index < -0.39 is 0 Å². The number of ether oxygens (including phenoxy) is 2. The van der Waals surface area contributed by atoms with Crippen LogP contribution in [0.5, 0.6) is 11.5 Å². The molecule has 2 N–H and O–H groups in total. The number of anilines is 3. The van der Waals surface area contributed by atoms with E-state index in [2.05, 4.69) is 37.1 Å². The first-order chi connectivity index (χ1) is 17.9. The van der Waals surface area contributed by atoms with Crippen LogP contribution in [0, 0.1) is 5.82 Å². The van der Waals surface area contributed by atoms with Crippen molar-refractivity contribution < 1.29 is 18.7 Å². The lowest BCUT2D eigenvalue weighted by Gasteiger charge is -2.20. The van der Waals surface area contributed by atoms with E-state index in [4.69, 9.17) is 9.47 Å². The van der Waals surface area contributed by atoms with E-state index in [0.29, 0.717) is 39.8 Å². The first kappa shape index (κ1) is 24.2. The fourth-order valence-corrected chi connectivity index (χ4v) is 4.19. The van der Waals surface area contributed by atoms with E-state index in [0.717, 1.165) is 19.5 Å². The van der Waals surface area contributed by atoms with Crippen molar-refractivity contribution in [1.29, 1.82) is 0 Å². The number of halogens is 1. The number of carbonyl (C=O) groups is 1. The Hall–Kier alpha value is -4.51. The molecule has 190 valence electrons. The van der Waals surface area contributed by atoms with Gasteiger partial charge >= 0.3 is 0 Å². The standard InChI is InChI=1S/C26H26FN7O3/c1-4-23(35)30-20-11-19(21(36-3)12-22(20)37-18-8-9-33(2)13-18)31-26-29-15-34-14-28-24(25(34)32-26)16-6-5-7-17(27)10-16/h4-7,10-12,14-15,18H,1,8-9,13H2,2-3H3,(H,30,35)(H,31,32). The topological polar surface area (TPSA) is 106 Å². The van der Waals surface area contributed by atoms with Crippen molar-refractivity contribution >= 4 is 28.9 Å². The maximum atomic E-state index is 13.8. The van der Waals surface area contributed by atoms with Crippen LogP contribution in [0.4, 0.5) is 21.7 Å². The summed E-state index contributed by atoms with van der Waals surface area (Å²) >= 11 is 0. The van der Waals surface area contributed by atoms with Gasteiger partial charge in [-0.2, -0.15) is 4.98 Å². The maximum Gasteiger partial charge on any atom is 0.247 e. The van der Waals surface area contributed by atoms with Crippen molar-refractivity contribution in [2.75, 3.05) is 37.9 Å². The Morgan fingerprint density at radius 1 is 1.19 bits per heavy atom. The summed E-state index contributed by atoms with van der Waals surface area (Å²) in [4.78, 5) is 27.7. The number of nitrogens with one attached hydrogen (secondary N) is 2. The SMILES string of the molecule is C=CC(=O)Nc1cc(Nc2ncn3cnc(-c4cccc(F)c4)c3n2)c(OC)cc1OC1CCN(C)C1. The Bertz CT molecular complexity index is 1470.